The highest BCUT2D eigenvalue weighted by atomic mass is 15.1. The average Bonchev–Trinajstić information content (AvgIpc) is 2.69. The number of anilines is 3. The largest absolute Gasteiger partial charge is 0.311 e. The van der Waals surface area contributed by atoms with Crippen LogP contribution in [0.5, 0.6) is 0 Å². The molecule has 3 aromatic rings. The Morgan fingerprint density at radius 1 is 0.556 bits per heavy atom. The van der Waals surface area contributed by atoms with Crippen LogP contribution in [0.4, 0.5) is 17.1 Å². The van der Waals surface area contributed by atoms with Crippen molar-refractivity contribution in [1.29, 1.82) is 0 Å². The fraction of sp³-hybridized carbons (Fsp3) is 0.308. The van der Waals surface area contributed by atoms with Crippen LogP contribution in [0.1, 0.15) is 63.1 Å². The summed E-state index contributed by atoms with van der Waals surface area (Å²) in [4.78, 5) is 2.34. The van der Waals surface area contributed by atoms with Crippen LogP contribution in [0.2, 0.25) is 0 Å². The molecular weight excluding hydrogens is 326 g/mol. The lowest BCUT2D eigenvalue weighted by atomic mass is 10.0. The average molecular weight is 358 g/mol. The number of rotatable bonds is 6. The predicted molar refractivity (Wildman–Crippen MR) is 119 cm³/mol. The Hall–Kier alpha value is -2.54. The second kappa shape index (κ2) is 8.43. The molecule has 1 heteroatoms. The summed E-state index contributed by atoms with van der Waals surface area (Å²) in [5.41, 5.74) is 7.69. The Balaban J connectivity index is 2.04. The molecule has 1 nitrogen and oxygen atoms in total. The van der Waals surface area contributed by atoms with Gasteiger partial charge >= 0.3 is 0 Å². The van der Waals surface area contributed by atoms with Gasteiger partial charge in [-0.05, 0) is 71.3 Å². The minimum Gasteiger partial charge on any atom is -0.311 e. The Bertz CT molecular complexity index is 789. The van der Waals surface area contributed by atoms with E-state index in [0.717, 1.165) is 6.42 Å². The number of hydrogen-bond donors (Lipinski definition) is 0. The van der Waals surface area contributed by atoms with E-state index < -0.39 is 0 Å². The SMILES string of the molecule is CCc1ccc(N(c2ccc(C(C)C)cc2)c2ccc(C(C)C)cc2)cc1. The van der Waals surface area contributed by atoms with Crippen LogP contribution in [0.25, 0.3) is 0 Å². The summed E-state index contributed by atoms with van der Waals surface area (Å²) in [6, 6.07) is 26.8. The van der Waals surface area contributed by atoms with Gasteiger partial charge in [0.15, 0.2) is 0 Å². The zero-order chi connectivity index (χ0) is 19.4. The molecule has 0 aromatic heterocycles. The molecular formula is C26H31N. The minimum atomic E-state index is 0.543. The van der Waals surface area contributed by atoms with Crippen molar-refractivity contribution in [3.63, 3.8) is 0 Å². The van der Waals surface area contributed by atoms with Gasteiger partial charge in [0.2, 0.25) is 0 Å². The first kappa shape index (κ1) is 19.2. The maximum absolute atomic E-state index is 2.34. The minimum absolute atomic E-state index is 0.543. The van der Waals surface area contributed by atoms with Gasteiger partial charge in [-0.15, -0.1) is 0 Å². The van der Waals surface area contributed by atoms with Gasteiger partial charge in [0.05, 0.1) is 0 Å². The molecule has 3 aromatic carbocycles. The fourth-order valence-electron chi connectivity index (χ4n) is 3.34. The lowest BCUT2D eigenvalue weighted by Crippen LogP contribution is -2.10. The van der Waals surface area contributed by atoms with E-state index in [9.17, 15) is 0 Å². The summed E-state index contributed by atoms with van der Waals surface area (Å²) in [6.07, 6.45) is 1.06. The van der Waals surface area contributed by atoms with E-state index in [1.807, 2.05) is 0 Å². The van der Waals surface area contributed by atoms with Crippen LogP contribution >= 0.6 is 0 Å². The lowest BCUT2D eigenvalue weighted by Gasteiger charge is -2.26. The molecule has 0 bridgehead atoms. The number of benzene rings is 3. The highest BCUT2D eigenvalue weighted by Gasteiger charge is 2.13. The molecule has 0 unspecified atom stereocenters. The third kappa shape index (κ3) is 4.42. The molecule has 0 fully saturated rings. The highest BCUT2D eigenvalue weighted by molar-refractivity contribution is 5.76. The van der Waals surface area contributed by atoms with Crippen molar-refractivity contribution in [3.05, 3.63) is 89.5 Å². The maximum Gasteiger partial charge on any atom is 0.0461 e. The van der Waals surface area contributed by atoms with Crippen LogP contribution in [0, 0.1) is 0 Å². The Kier molecular flexibility index (Phi) is 6.01. The van der Waals surface area contributed by atoms with Crippen LogP contribution in [-0.4, -0.2) is 0 Å². The van der Waals surface area contributed by atoms with Gasteiger partial charge in [0.25, 0.3) is 0 Å². The first-order valence-corrected chi connectivity index (χ1v) is 10.1. The normalized spacial score (nSPS) is 11.2. The van der Waals surface area contributed by atoms with Crippen LogP contribution < -0.4 is 4.90 Å². The second-order valence-electron chi connectivity index (χ2n) is 7.85. The van der Waals surface area contributed by atoms with Gasteiger partial charge in [-0.25, -0.2) is 0 Å². The van der Waals surface area contributed by atoms with Crippen molar-refractivity contribution in [1.82, 2.24) is 0 Å². The molecule has 0 N–H and O–H groups in total. The molecule has 0 amide bonds. The van der Waals surface area contributed by atoms with E-state index >= 15 is 0 Å². The Morgan fingerprint density at radius 3 is 1.19 bits per heavy atom. The first-order chi connectivity index (χ1) is 13.0. The molecule has 27 heavy (non-hydrogen) atoms. The lowest BCUT2D eigenvalue weighted by molar-refractivity contribution is 0.866. The zero-order valence-electron chi connectivity index (χ0n) is 17.2. The van der Waals surface area contributed by atoms with Gasteiger partial charge in [0.1, 0.15) is 0 Å². The molecule has 0 saturated carbocycles. The van der Waals surface area contributed by atoms with Gasteiger partial charge < -0.3 is 4.90 Å². The maximum atomic E-state index is 2.34. The summed E-state index contributed by atoms with van der Waals surface area (Å²) in [6.45, 7) is 11.1. The quantitative estimate of drug-likeness (QED) is 0.432. The molecule has 0 heterocycles. The van der Waals surface area contributed by atoms with Gasteiger partial charge in [-0.2, -0.15) is 0 Å². The molecule has 0 atom stereocenters. The summed E-state index contributed by atoms with van der Waals surface area (Å²) in [5.74, 6) is 1.09. The van der Waals surface area contributed by atoms with Crippen LogP contribution in [0.3, 0.4) is 0 Å². The second-order valence-corrected chi connectivity index (χ2v) is 7.85. The summed E-state index contributed by atoms with van der Waals surface area (Å²) >= 11 is 0. The van der Waals surface area contributed by atoms with E-state index in [0.29, 0.717) is 11.8 Å². The number of nitrogens with zero attached hydrogens (tertiary/aromatic N) is 1. The Morgan fingerprint density at radius 2 is 0.889 bits per heavy atom. The van der Waals surface area contributed by atoms with E-state index in [-0.39, 0.29) is 0 Å². The summed E-state index contributed by atoms with van der Waals surface area (Å²) < 4.78 is 0. The van der Waals surface area contributed by atoms with E-state index in [1.165, 1.54) is 33.8 Å². The number of hydrogen-bond acceptors (Lipinski definition) is 1. The molecule has 140 valence electrons. The van der Waals surface area contributed by atoms with Gasteiger partial charge in [-0.1, -0.05) is 71.0 Å². The van der Waals surface area contributed by atoms with Crippen molar-refractivity contribution in [3.8, 4) is 0 Å². The third-order valence-corrected chi connectivity index (χ3v) is 5.24. The third-order valence-electron chi connectivity index (χ3n) is 5.24. The zero-order valence-corrected chi connectivity index (χ0v) is 17.2. The predicted octanol–water partition coefficient (Wildman–Crippen LogP) is 7.97. The molecule has 0 aliphatic carbocycles. The summed E-state index contributed by atoms with van der Waals surface area (Å²) in [5, 5.41) is 0. The molecule has 0 spiro atoms. The topological polar surface area (TPSA) is 3.24 Å². The van der Waals surface area contributed by atoms with Crippen molar-refractivity contribution in [2.24, 2.45) is 0 Å². The molecule has 0 saturated heterocycles. The van der Waals surface area contributed by atoms with E-state index in [1.54, 1.807) is 0 Å². The van der Waals surface area contributed by atoms with Gasteiger partial charge in [-0.3, -0.25) is 0 Å². The molecule has 0 aliphatic rings. The van der Waals surface area contributed by atoms with Crippen molar-refractivity contribution < 1.29 is 0 Å². The van der Waals surface area contributed by atoms with Crippen LogP contribution in [0.15, 0.2) is 72.8 Å². The summed E-state index contributed by atoms with van der Waals surface area (Å²) in [7, 11) is 0. The number of aryl methyl sites for hydroxylation is 1. The van der Waals surface area contributed by atoms with Crippen molar-refractivity contribution >= 4 is 17.1 Å². The molecule has 0 radical (unpaired) electrons. The smallest absolute Gasteiger partial charge is 0.0461 e. The fourth-order valence-corrected chi connectivity index (χ4v) is 3.34. The van der Waals surface area contributed by atoms with E-state index in [2.05, 4.69) is 112 Å². The van der Waals surface area contributed by atoms with Gasteiger partial charge in [0, 0.05) is 17.1 Å². The molecule has 3 rings (SSSR count). The van der Waals surface area contributed by atoms with E-state index in [4.69, 9.17) is 0 Å². The van der Waals surface area contributed by atoms with Crippen molar-refractivity contribution in [2.75, 3.05) is 4.90 Å². The standard InChI is InChI=1S/C26H31N/c1-6-21-7-13-24(14-8-21)27(25-15-9-22(10-16-25)19(2)3)26-17-11-23(12-18-26)20(4)5/h7-20H,6H2,1-5H3. The van der Waals surface area contributed by atoms with Crippen LogP contribution in [-0.2, 0) is 6.42 Å². The van der Waals surface area contributed by atoms with Crippen molar-refractivity contribution in [2.45, 2.75) is 52.9 Å². The first-order valence-electron chi connectivity index (χ1n) is 10.1. The highest BCUT2D eigenvalue weighted by Crippen LogP contribution is 2.35. The molecule has 0 aliphatic heterocycles. The monoisotopic (exact) mass is 357 g/mol. The Labute approximate surface area is 164 Å².